The average Bonchev–Trinajstić information content (AvgIpc) is 3.39. The number of anilines is 1. The summed E-state index contributed by atoms with van der Waals surface area (Å²) in [6.45, 7) is 4.51. The first-order chi connectivity index (χ1) is 14.3. The van der Waals surface area contributed by atoms with E-state index in [1.807, 2.05) is 13.8 Å². The van der Waals surface area contributed by atoms with Crippen LogP contribution in [0.2, 0.25) is 0 Å². The monoisotopic (exact) mass is 429 g/mol. The van der Waals surface area contributed by atoms with Gasteiger partial charge in [0.05, 0.1) is 18.3 Å². The third-order valence-corrected chi connectivity index (χ3v) is 7.81. The summed E-state index contributed by atoms with van der Waals surface area (Å²) in [5, 5.41) is 13.3. The zero-order valence-corrected chi connectivity index (χ0v) is 18.2. The number of aromatic nitrogens is 2. The summed E-state index contributed by atoms with van der Waals surface area (Å²) in [6, 6.07) is 1.61. The summed E-state index contributed by atoms with van der Waals surface area (Å²) >= 11 is 0. The highest BCUT2D eigenvalue weighted by Gasteiger charge is 2.34. The molecule has 0 saturated carbocycles. The number of carbonyl (C=O) groups is 1. The SMILES string of the molecule is CC1(C)CCOc2c([S@@](N)(=O)=NC(=O)Nc3c4c(cc5c3CCC5)CCC4)cnn21. The van der Waals surface area contributed by atoms with E-state index in [0.29, 0.717) is 12.5 Å². The molecule has 0 fully saturated rings. The van der Waals surface area contributed by atoms with Crippen molar-refractivity contribution in [2.75, 3.05) is 11.9 Å². The molecule has 1 aliphatic heterocycles. The topological polar surface area (TPSA) is 112 Å². The number of nitrogens with two attached hydrogens (primary N) is 1. The second kappa shape index (κ2) is 6.81. The number of amides is 2. The molecular weight excluding hydrogens is 402 g/mol. The van der Waals surface area contributed by atoms with E-state index in [-0.39, 0.29) is 10.4 Å². The van der Waals surface area contributed by atoms with Gasteiger partial charge in [-0.2, -0.15) is 5.10 Å². The van der Waals surface area contributed by atoms with Crippen molar-refractivity contribution in [2.45, 2.75) is 69.2 Å². The van der Waals surface area contributed by atoms with Crippen LogP contribution in [0.15, 0.2) is 21.5 Å². The molecule has 3 N–H and O–H groups in total. The molecular formula is C21H27N5O3S. The lowest BCUT2D eigenvalue weighted by molar-refractivity contribution is 0.135. The van der Waals surface area contributed by atoms with Gasteiger partial charge in [-0.3, -0.25) is 0 Å². The molecule has 2 heterocycles. The molecule has 8 nitrogen and oxygen atoms in total. The highest BCUT2D eigenvalue weighted by molar-refractivity contribution is 7.91. The summed E-state index contributed by atoms with van der Waals surface area (Å²) in [6.07, 6.45) is 8.29. The molecule has 0 saturated heterocycles. The number of urea groups is 1. The first kappa shape index (κ1) is 19.6. The number of nitrogens with one attached hydrogen (secondary N) is 1. The van der Waals surface area contributed by atoms with E-state index in [1.165, 1.54) is 28.5 Å². The van der Waals surface area contributed by atoms with E-state index in [9.17, 15) is 9.00 Å². The van der Waals surface area contributed by atoms with E-state index in [1.54, 1.807) is 4.68 Å². The van der Waals surface area contributed by atoms with Crippen LogP contribution in [-0.2, 0) is 41.1 Å². The van der Waals surface area contributed by atoms with Crippen molar-refractivity contribution in [3.8, 4) is 5.88 Å². The smallest absolute Gasteiger partial charge is 0.354 e. The number of hydrogen-bond acceptors (Lipinski definition) is 4. The Morgan fingerprint density at radius 2 is 1.90 bits per heavy atom. The molecule has 1 atom stereocenters. The fourth-order valence-electron chi connectivity index (χ4n) is 4.86. The van der Waals surface area contributed by atoms with Gasteiger partial charge in [-0.1, -0.05) is 6.07 Å². The maximum absolute atomic E-state index is 13.2. The number of ether oxygens (including phenoxy) is 1. The lowest BCUT2D eigenvalue weighted by Gasteiger charge is -2.31. The third kappa shape index (κ3) is 3.11. The Kier molecular flexibility index (Phi) is 4.44. The minimum atomic E-state index is -3.50. The first-order valence-corrected chi connectivity index (χ1v) is 12.1. The molecule has 160 valence electrons. The van der Waals surface area contributed by atoms with Gasteiger partial charge in [0.15, 0.2) is 9.92 Å². The van der Waals surface area contributed by atoms with E-state index < -0.39 is 15.9 Å². The molecule has 2 amide bonds. The van der Waals surface area contributed by atoms with Crippen LogP contribution < -0.4 is 15.2 Å². The number of rotatable bonds is 2. The van der Waals surface area contributed by atoms with Gasteiger partial charge < -0.3 is 10.1 Å². The van der Waals surface area contributed by atoms with E-state index in [0.717, 1.165) is 50.6 Å². The van der Waals surface area contributed by atoms with Gasteiger partial charge in [-0.25, -0.2) is 18.8 Å². The number of benzene rings is 1. The van der Waals surface area contributed by atoms with Gasteiger partial charge in [0, 0.05) is 12.1 Å². The zero-order valence-electron chi connectivity index (χ0n) is 17.4. The molecule has 3 aliphatic rings. The van der Waals surface area contributed by atoms with Crippen LogP contribution in [0.1, 0.15) is 55.4 Å². The Morgan fingerprint density at radius 3 is 2.57 bits per heavy atom. The van der Waals surface area contributed by atoms with Crippen molar-refractivity contribution in [3.05, 3.63) is 34.5 Å². The molecule has 2 aromatic rings. The fraction of sp³-hybridized carbons (Fsp3) is 0.524. The predicted octanol–water partition coefficient (Wildman–Crippen LogP) is 3.31. The van der Waals surface area contributed by atoms with Crippen molar-refractivity contribution in [2.24, 2.45) is 9.50 Å². The minimum Gasteiger partial charge on any atom is -0.477 e. The average molecular weight is 430 g/mol. The Labute approximate surface area is 176 Å². The van der Waals surface area contributed by atoms with Gasteiger partial charge in [-0.15, -0.1) is 4.36 Å². The fourth-order valence-corrected chi connectivity index (χ4v) is 5.84. The van der Waals surface area contributed by atoms with Crippen molar-refractivity contribution in [3.63, 3.8) is 0 Å². The Balaban J connectivity index is 1.49. The molecule has 0 bridgehead atoms. The number of aryl methyl sites for hydroxylation is 2. The lowest BCUT2D eigenvalue weighted by atomic mass is 9.99. The number of carbonyl (C=O) groups excluding carboxylic acids is 1. The Bertz CT molecular complexity index is 1140. The van der Waals surface area contributed by atoms with Crippen molar-refractivity contribution >= 4 is 21.6 Å². The first-order valence-electron chi connectivity index (χ1n) is 10.5. The van der Waals surface area contributed by atoms with Gasteiger partial charge in [0.2, 0.25) is 5.88 Å². The summed E-state index contributed by atoms with van der Waals surface area (Å²) < 4.78 is 24.4. The number of fused-ring (bicyclic) bond motifs is 3. The van der Waals surface area contributed by atoms with E-state index >= 15 is 0 Å². The molecule has 30 heavy (non-hydrogen) atoms. The molecule has 0 spiro atoms. The van der Waals surface area contributed by atoms with Crippen LogP contribution in [0.4, 0.5) is 10.5 Å². The normalized spacial score (nSPS) is 20.5. The third-order valence-electron chi connectivity index (χ3n) is 6.46. The minimum absolute atomic E-state index is 0.161. The maximum atomic E-state index is 13.2. The van der Waals surface area contributed by atoms with Crippen LogP contribution in [0.5, 0.6) is 5.88 Å². The van der Waals surface area contributed by atoms with Gasteiger partial charge >= 0.3 is 6.03 Å². The number of hydrogen-bond donors (Lipinski definition) is 2. The summed E-state index contributed by atoms with van der Waals surface area (Å²) in [5.41, 5.74) is 5.57. The molecule has 1 aromatic heterocycles. The van der Waals surface area contributed by atoms with Crippen LogP contribution in [0, 0.1) is 0 Å². The predicted molar refractivity (Wildman–Crippen MR) is 114 cm³/mol. The van der Waals surface area contributed by atoms with E-state index in [4.69, 9.17) is 9.88 Å². The van der Waals surface area contributed by atoms with Crippen LogP contribution in [-0.4, -0.2) is 26.6 Å². The van der Waals surface area contributed by atoms with Crippen LogP contribution in [0.25, 0.3) is 0 Å². The van der Waals surface area contributed by atoms with Crippen molar-refractivity contribution in [1.29, 1.82) is 0 Å². The van der Waals surface area contributed by atoms with Crippen molar-refractivity contribution in [1.82, 2.24) is 9.78 Å². The molecule has 1 aromatic carbocycles. The zero-order chi connectivity index (χ0) is 21.1. The summed E-state index contributed by atoms with van der Waals surface area (Å²) in [7, 11) is -3.50. The highest BCUT2D eigenvalue weighted by Crippen LogP contribution is 2.39. The van der Waals surface area contributed by atoms with Crippen LogP contribution in [0.3, 0.4) is 0 Å². The van der Waals surface area contributed by atoms with Gasteiger partial charge in [0.25, 0.3) is 0 Å². The molecule has 5 rings (SSSR count). The second-order valence-corrected chi connectivity index (χ2v) is 10.7. The van der Waals surface area contributed by atoms with Crippen LogP contribution >= 0.6 is 0 Å². The second-order valence-electron chi connectivity index (χ2n) is 8.96. The Morgan fingerprint density at radius 1 is 1.23 bits per heavy atom. The maximum Gasteiger partial charge on any atom is 0.354 e. The largest absolute Gasteiger partial charge is 0.477 e. The standard InChI is InChI=1S/C21H27N5O3S/c1-21(2)9-10-29-19-17(12-23-26(19)21)30(22,28)25-20(27)24-18-15-7-3-5-13(15)11-14-6-4-8-16(14)18/h11-12H,3-10H2,1-2H3,(H3,22,24,25,27,28)/t30-/m0/s1. The molecule has 2 aliphatic carbocycles. The lowest BCUT2D eigenvalue weighted by Crippen LogP contribution is -2.34. The number of nitrogens with zero attached hydrogens (tertiary/aromatic N) is 3. The van der Waals surface area contributed by atoms with E-state index in [2.05, 4.69) is 20.8 Å². The Hall–Kier alpha value is -2.39. The summed E-state index contributed by atoms with van der Waals surface area (Å²) in [5.74, 6) is 0.330. The quantitative estimate of drug-likeness (QED) is 0.763. The van der Waals surface area contributed by atoms with Gasteiger partial charge in [0.1, 0.15) is 4.90 Å². The summed E-state index contributed by atoms with van der Waals surface area (Å²) in [4.78, 5) is 13.0. The molecule has 0 radical (unpaired) electrons. The highest BCUT2D eigenvalue weighted by atomic mass is 32.2. The molecule has 0 unspecified atom stereocenters. The van der Waals surface area contributed by atoms with Crippen molar-refractivity contribution < 1.29 is 13.7 Å². The molecule has 9 heteroatoms. The van der Waals surface area contributed by atoms with Gasteiger partial charge in [-0.05, 0) is 74.6 Å².